The highest BCUT2D eigenvalue weighted by atomic mass is 16.6. The number of anilines is 2. The molecule has 1 aliphatic rings. The van der Waals surface area contributed by atoms with E-state index in [4.69, 9.17) is 20.9 Å². The Kier molecular flexibility index (Phi) is 4.55. The van der Waals surface area contributed by atoms with Gasteiger partial charge in [0.2, 0.25) is 0 Å². The molecule has 0 spiro atoms. The summed E-state index contributed by atoms with van der Waals surface area (Å²) < 4.78 is 12.7. The Labute approximate surface area is 158 Å². The molecular formula is C17H18N6O5. The van der Waals surface area contributed by atoms with Gasteiger partial charge in [0.15, 0.2) is 23.8 Å². The van der Waals surface area contributed by atoms with E-state index in [2.05, 4.69) is 15.0 Å². The van der Waals surface area contributed by atoms with Crippen LogP contribution in [-0.2, 0) is 9.47 Å². The minimum absolute atomic E-state index is 0.156. The Morgan fingerprint density at radius 1 is 1.25 bits per heavy atom. The molecule has 3 heterocycles. The van der Waals surface area contributed by atoms with Gasteiger partial charge in [-0.3, -0.25) is 4.57 Å². The molecule has 28 heavy (non-hydrogen) atoms. The van der Waals surface area contributed by atoms with E-state index in [1.54, 1.807) is 18.2 Å². The smallest absolute Gasteiger partial charge is 0.340 e. The lowest BCUT2D eigenvalue weighted by molar-refractivity contribution is -0.0564. The molecule has 6 N–H and O–H groups in total. The molecule has 0 aliphatic carbocycles. The molecule has 1 aromatic carbocycles. The highest BCUT2D eigenvalue weighted by Crippen LogP contribution is 2.34. The van der Waals surface area contributed by atoms with E-state index >= 15 is 0 Å². The molecule has 4 atom stereocenters. The first-order valence-corrected chi connectivity index (χ1v) is 8.44. The summed E-state index contributed by atoms with van der Waals surface area (Å²) in [6.45, 7) is -0.469. The number of hydrogen-bond acceptors (Lipinski definition) is 10. The molecule has 0 saturated carbocycles. The summed E-state index contributed by atoms with van der Waals surface area (Å²) in [7, 11) is 0. The molecule has 1 saturated heterocycles. The monoisotopic (exact) mass is 386 g/mol. The molecule has 0 radical (unpaired) electrons. The number of nitrogens with zero attached hydrogens (tertiary/aromatic N) is 4. The van der Waals surface area contributed by atoms with Crippen LogP contribution in [0.25, 0.3) is 11.2 Å². The summed E-state index contributed by atoms with van der Waals surface area (Å²) in [6.07, 6.45) is -1.72. The number of esters is 1. The van der Waals surface area contributed by atoms with E-state index in [1.165, 1.54) is 23.3 Å². The third-order valence-electron chi connectivity index (χ3n) is 4.58. The maximum absolute atomic E-state index is 12.6. The van der Waals surface area contributed by atoms with E-state index in [-0.39, 0.29) is 17.1 Å². The molecule has 2 aromatic heterocycles. The normalized spacial score (nSPS) is 24.5. The average molecular weight is 386 g/mol. The number of carbonyl (C=O) groups is 1. The van der Waals surface area contributed by atoms with Crippen LogP contribution in [0.15, 0.2) is 36.9 Å². The number of nitrogen functional groups attached to an aromatic ring is 2. The molecule has 1 aliphatic heterocycles. The Morgan fingerprint density at radius 2 is 2.04 bits per heavy atom. The Morgan fingerprint density at radius 3 is 2.79 bits per heavy atom. The second kappa shape index (κ2) is 7.03. The van der Waals surface area contributed by atoms with Gasteiger partial charge in [-0.25, -0.2) is 19.7 Å². The molecule has 4 rings (SSSR count). The summed E-state index contributed by atoms with van der Waals surface area (Å²) in [4.78, 5) is 24.8. The van der Waals surface area contributed by atoms with Crippen molar-refractivity contribution in [1.82, 2.24) is 19.5 Å². The molecule has 3 aromatic rings. The lowest BCUT2D eigenvalue weighted by atomic mass is 10.1. The highest BCUT2D eigenvalue weighted by Gasteiger charge is 2.47. The van der Waals surface area contributed by atoms with Gasteiger partial charge in [-0.2, -0.15) is 0 Å². The van der Waals surface area contributed by atoms with E-state index in [1.807, 2.05) is 0 Å². The van der Waals surface area contributed by atoms with Crippen LogP contribution in [0.1, 0.15) is 16.6 Å². The van der Waals surface area contributed by atoms with Crippen molar-refractivity contribution in [3.63, 3.8) is 0 Å². The van der Waals surface area contributed by atoms with Crippen LogP contribution in [0.3, 0.4) is 0 Å². The summed E-state index contributed by atoms with van der Waals surface area (Å²) in [6, 6.07) is 6.41. The van der Waals surface area contributed by atoms with Crippen molar-refractivity contribution >= 4 is 28.6 Å². The molecule has 1 fully saturated rings. The van der Waals surface area contributed by atoms with Crippen molar-refractivity contribution < 1.29 is 24.5 Å². The van der Waals surface area contributed by atoms with Crippen molar-refractivity contribution in [2.75, 3.05) is 18.1 Å². The van der Waals surface area contributed by atoms with Crippen molar-refractivity contribution in [3.8, 4) is 0 Å². The van der Waals surface area contributed by atoms with Crippen LogP contribution in [-0.4, -0.2) is 60.6 Å². The number of aliphatic hydroxyl groups excluding tert-OH is 2. The topological polar surface area (TPSA) is 172 Å². The van der Waals surface area contributed by atoms with Gasteiger partial charge in [0.05, 0.1) is 18.5 Å². The second-order valence-corrected chi connectivity index (χ2v) is 6.28. The van der Waals surface area contributed by atoms with Crippen LogP contribution in [0.2, 0.25) is 0 Å². The Balaban J connectivity index is 1.70. The lowest BCUT2D eigenvalue weighted by Crippen LogP contribution is -2.37. The largest absolute Gasteiger partial charge is 0.451 e. The van der Waals surface area contributed by atoms with Crippen molar-refractivity contribution in [1.29, 1.82) is 0 Å². The van der Waals surface area contributed by atoms with Gasteiger partial charge in [0, 0.05) is 5.69 Å². The SMILES string of the molecule is Nc1ccccc1C(=O)O[C@@H]1[C@H](O)[C@@H](CO)O[C@H]1n1cnc2c(N)ncnc21. The van der Waals surface area contributed by atoms with E-state index in [0.29, 0.717) is 11.2 Å². The van der Waals surface area contributed by atoms with Crippen LogP contribution >= 0.6 is 0 Å². The predicted octanol–water partition coefficient (Wildman–Crippen LogP) is -0.533. The number of fused-ring (bicyclic) bond motifs is 1. The van der Waals surface area contributed by atoms with Crippen LogP contribution in [0, 0.1) is 0 Å². The zero-order valence-corrected chi connectivity index (χ0v) is 14.5. The lowest BCUT2D eigenvalue weighted by Gasteiger charge is -2.22. The summed E-state index contributed by atoms with van der Waals surface area (Å²) in [5, 5.41) is 20.0. The number of imidazole rings is 1. The number of ether oxygens (including phenoxy) is 2. The quantitative estimate of drug-likeness (QED) is 0.337. The molecule has 146 valence electrons. The Bertz CT molecular complexity index is 1020. The fourth-order valence-corrected chi connectivity index (χ4v) is 3.15. The average Bonchev–Trinajstić information content (AvgIpc) is 3.24. The molecule has 0 bridgehead atoms. The number of hydrogen-bond donors (Lipinski definition) is 4. The number of benzene rings is 1. The molecule has 11 heteroatoms. The fourth-order valence-electron chi connectivity index (χ4n) is 3.15. The van der Waals surface area contributed by atoms with Crippen LogP contribution in [0.5, 0.6) is 0 Å². The first-order valence-electron chi connectivity index (χ1n) is 8.44. The van der Waals surface area contributed by atoms with Crippen molar-refractivity contribution in [3.05, 3.63) is 42.5 Å². The fraction of sp³-hybridized carbons (Fsp3) is 0.294. The maximum Gasteiger partial charge on any atom is 0.340 e. The molecule has 0 unspecified atom stereocenters. The van der Waals surface area contributed by atoms with Gasteiger partial charge in [-0.15, -0.1) is 0 Å². The van der Waals surface area contributed by atoms with E-state index in [9.17, 15) is 15.0 Å². The van der Waals surface area contributed by atoms with Gasteiger partial charge in [-0.1, -0.05) is 12.1 Å². The number of aromatic nitrogens is 4. The van der Waals surface area contributed by atoms with Crippen molar-refractivity contribution in [2.24, 2.45) is 0 Å². The summed E-state index contributed by atoms with van der Waals surface area (Å²) in [5.74, 6) is -0.556. The standard InChI is InChI=1S/C17H18N6O5/c18-9-4-2-1-3-8(9)17(26)28-13-12(25)10(5-24)27-16(13)23-7-22-11-14(19)20-6-21-15(11)23/h1-4,6-7,10,12-13,16,24-25H,5,18H2,(H2,19,20,21)/t10-,12-,13-,16-/m1/s1. The number of carbonyl (C=O) groups excluding carboxylic acids is 1. The maximum atomic E-state index is 12.6. The zero-order chi connectivity index (χ0) is 19.8. The van der Waals surface area contributed by atoms with Crippen molar-refractivity contribution in [2.45, 2.75) is 24.5 Å². The molecular weight excluding hydrogens is 368 g/mol. The van der Waals surface area contributed by atoms with Crippen LogP contribution in [0.4, 0.5) is 11.5 Å². The first kappa shape index (κ1) is 18.1. The number of aliphatic hydroxyl groups is 2. The highest BCUT2D eigenvalue weighted by molar-refractivity contribution is 5.95. The van der Waals surface area contributed by atoms with Gasteiger partial charge >= 0.3 is 5.97 Å². The predicted molar refractivity (Wildman–Crippen MR) is 96.8 cm³/mol. The first-order chi connectivity index (χ1) is 13.5. The van der Waals surface area contributed by atoms with Gasteiger partial charge in [0.1, 0.15) is 24.1 Å². The summed E-state index contributed by atoms with van der Waals surface area (Å²) >= 11 is 0. The second-order valence-electron chi connectivity index (χ2n) is 6.28. The number of rotatable bonds is 4. The van der Waals surface area contributed by atoms with Gasteiger partial charge < -0.3 is 31.2 Å². The third-order valence-corrected chi connectivity index (χ3v) is 4.58. The van der Waals surface area contributed by atoms with E-state index < -0.39 is 37.1 Å². The summed E-state index contributed by atoms with van der Waals surface area (Å²) in [5.41, 5.74) is 12.7. The van der Waals surface area contributed by atoms with Gasteiger partial charge in [0.25, 0.3) is 0 Å². The molecule has 11 nitrogen and oxygen atoms in total. The zero-order valence-electron chi connectivity index (χ0n) is 14.5. The minimum atomic E-state index is -1.28. The van der Waals surface area contributed by atoms with Crippen LogP contribution < -0.4 is 11.5 Å². The third kappa shape index (κ3) is 2.91. The van der Waals surface area contributed by atoms with Gasteiger partial charge in [-0.05, 0) is 12.1 Å². The molecule has 0 amide bonds. The minimum Gasteiger partial charge on any atom is -0.451 e. The van der Waals surface area contributed by atoms with E-state index in [0.717, 1.165) is 0 Å². The number of para-hydroxylation sites is 1. The number of nitrogens with two attached hydrogens (primary N) is 2. The Hall–Kier alpha value is -3.28.